The molecule has 0 aromatic carbocycles. The van der Waals surface area contributed by atoms with E-state index >= 15 is 0 Å². The molecule has 0 saturated heterocycles. The molecule has 0 unspecified atom stereocenters. The van der Waals surface area contributed by atoms with Gasteiger partial charge in [0.05, 0.1) is 11.0 Å². The molecule has 17 heavy (non-hydrogen) atoms. The molecule has 0 aromatic rings. The Labute approximate surface area is 102 Å². The number of aliphatic hydroxyl groups is 1. The SMILES string of the molecule is CC(C)[C@]1(O)[C@H]2CC3C[C@H]1C[C@](C(=O)O)(C3)C2. The van der Waals surface area contributed by atoms with E-state index in [0.29, 0.717) is 18.8 Å². The first kappa shape index (κ1) is 11.5. The molecule has 96 valence electrons. The van der Waals surface area contributed by atoms with E-state index in [1.54, 1.807) is 0 Å². The highest BCUT2D eigenvalue weighted by molar-refractivity contribution is 5.75. The number of carbonyl (C=O) groups is 1. The van der Waals surface area contributed by atoms with Crippen molar-refractivity contribution in [1.29, 1.82) is 0 Å². The molecule has 4 aliphatic carbocycles. The molecular weight excluding hydrogens is 216 g/mol. The molecular formula is C14H22O3. The van der Waals surface area contributed by atoms with Gasteiger partial charge in [-0.1, -0.05) is 13.8 Å². The van der Waals surface area contributed by atoms with Gasteiger partial charge in [-0.05, 0) is 55.8 Å². The predicted octanol–water partition coefficient (Wildman–Crippen LogP) is 2.28. The van der Waals surface area contributed by atoms with Crippen molar-refractivity contribution in [1.82, 2.24) is 0 Å². The maximum absolute atomic E-state index is 11.6. The summed E-state index contributed by atoms with van der Waals surface area (Å²) in [6, 6.07) is 0. The van der Waals surface area contributed by atoms with E-state index in [-0.39, 0.29) is 17.8 Å². The van der Waals surface area contributed by atoms with Crippen LogP contribution in [0.2, 0.25) is 0 Å². The van der Waals surface area contributed by atoms with Gasteiger partial charge in [-0.25, -0.2) is 0 Å². The maximum Gasteiger partial charge on any atom is 0.309 e. The summed E-state index contributed by atoms with van der Waals surface area (Å²) in [5.74, 6) is 0.586. The second kappa shape index (κ2) is 3.25. The Morgan fingerprint density at radius 1 is 1.18 bits per heavy atom. The van der Waals surface area contributed by atoms with Crippen molar-refractivity contribution in [2.24, 2.45) is 29.1 Å². The number of hydrogen-bond acceptors (Lipinski definition) is 2. The Morgan fingerprint density at radius 2 is 1.71 bits per heavy atom. The van der Waals surface area contributed by atoms with Crippen LogP contribution in [0.1, 0.15) is 46.0 Å². The average molecular weight is 238 g/mol. The largest absolute Gasteiger partial charge is 0.481 e. The lowest BCUT2D eigenvalue weighted by Gasteiger charge is -2.63. The van der Waals surface area contributed by atoms with Crippen molar-refractivity contribution in [3.63, 3.8) is 0 Å². The fraction of sp³-hybridized carbons (Fsp3) is 0.929. The topological polar surface area (TPSA) is 57.5 Å². The van der Waals surface area contributed by atoms with Crippen LogP contribution in [0.4, 0.5) is 0 Å². The minimum Gasteiger partial charge on any atom is -0.481 e. The van der Waals surface area contributed by atoms with E-state index < -0.39 is 17.0 Å². The van der Waals surface area contributed by atoms with Gasteiger partial charge < -0.3 is 10.2 Å². The lowest BCUT2D eigenvalue weighted by molar-refractivity contribution is -0.226. The monoisotopic (exact) mass is 238 g/mol. The Morgan fingerprint density at radius 3 is 2.12 bits per heavy atom. The first-order valence-electron chi connectivity index (χ1n) is 6.84. The Balaban J connectivity index is 1.99. The van der Waals surface area contributed by atoms with Crippen LogP contribution < -0.4 is 0 Å². The highest BCUT2D eigenvalue weighted by atomic mass is 16.4. The van der Waals surface area contributed by atoms with Crippen molar-refractivity contribution in [3.8, 4) is 0 Å². The van der Waals surface area contributed by atoms with Gasteiger partial charge in [-0.15, -0.1) is 0 Å². The summed E-state index contributed by atoms with van der Waals surface area (Å²) < 4.78 is 0. The normalized spacial score (nSPS) is 52.1. The average Bonchev–Trinajstić information content (AvgIpc) is 2.24. The summed E-state index contributed by atoms with van der Waals surface area (Å²) in [6.45, 7) is 4.16. The molecule has 0 radical (unpaired) electrons. The van der Waals surface area contributed by atoms with E-state index in [1.165, 1.54) is 0 Å². The van der Waals surface area contributed by atoms with Crippen molar-refractivity contribution < 1.29 is 15.0 Å². The minimum absolute atomic E-state index is 0.213. The van der Waals surface area contributed by atoms with Gasteiger partial charge in [0.2, 0.25) is 0 Å². The van der Waals surface area contributed by atoms with Gasteiger partial charge in [0.15, 0.2) is 0 Å². The highest BCUT2D eigenvalue weighted by Crippen LogP contribution is 2.65. The van der Waals surface area contributed by atoms with Crippen LogP contribution in [0.5, 0.6) is 0 Å². The first-order valence-corrected chi connectivity index (χ1v) is 6.84. The van der Waals surface area contributed by atoms with Gasteiger partial charge in [-0.2, -0.15) is 0 Å². The molecule has 4 saturated carbocycles. The maximum atomic E-state index is 11.6. The molecule has 0 aromatic heterocycles. The van der Waals surface area contributed by atoms with Crippen LogP contribution in [-0.4, -0.2) is 21.8 Å². The molecule has 0 heterocycles. The summed E-state index contributed by atoms with van der Waals surface area (Å²) >= 11 is 0. The molecule has 4 bridgehead atoms. The quantitative estimate of drug-likeness (QED) is 0.776. The number of hydrogen-bond donors (Lipinski definition) is 2. The zero-order valence-electron chi connectivity index (χ0n) is 10.6. The molecule has 3 heteroatoms. The Bertz CT molecular complexity index is 344. The van der Waals surface area contributed by atoms with Crippen LogP contribution in [0, 0.1) is 29.1 Å². The smallest absolute Gasteiger partial charge is 0.309 e. The Kier molecular flexibility index (Phi) is 2.20. The van der Waals surface area contributed by atoms with Crippen LogP contribution in [0.15, 0.2) is 0 Å². The third kappa shape index (κ3) is 1.29. The predicted molar refractivity (Wildman–Crippen MR) is 63.4 cm³/mol. The van der Waals surface area contributed by atoms with Crippen LogP contribution in [0.25, 0.3) is 0 Å². The van der Waals surface area contributed by atoms with Gasteiger partial charge in [0, 0.05) is 0 Å². The van der Waals surface area contributed by atoms with E-state index in [2.05, 4.69) is 13.8 Å². The summed E-state index contributed by atoms with van der Waals surface area (Å²) in [6.07, 6.45) is 4.33. The van der Waals surface area contributed by atoms with E-state index in [4.69, 9.17) is 0 Å². The van der Waals surface area contributed by atoms with Gasteiger partial charge in [0.1, 0.15) is 0 Å². The van der Waals surface area contributed by atoms with Crippen molar-refractivity contribution in [2.45, 2.75) is 51.6 Å². The van der Waals surface area contributed by atoms with E-state index in [1.807, 2.05) is 0 Å². The summed E-state index contributed by atoms with van der Waals surface area (Å²) in [5, 5.41) is 20.5. The molecule has 3 nitrogen and oxygen atoms in total. The number of carboxylic acids is 1. The van der Waals surface area contributed by atoms with Crippen LogP contribution in [-0.2, 0) is 4.79 Å². The molecule has 2 N–H and O–H groups in total. The second-order valence-electron chi connectivity index (χ2n) is 6.97. The van der Waals surface area contributed by atoms with Crippen molar-refractivity contribution in [2.75, 3.05) is 0 Å². The van der Waals surface area contributed by atoms with E-state index in [9.17, 15) is 15.0 Å². The van der Waals surface area contributed by atoms with Gasteiger partial charge in [0.25, 0.3) is 0 Å². The molecule has 0 aliphatic heterocycles. The lowest BCUT2D eigenvalue weighted by atomic mass is 9.43. The fourth-order valence-electron chi connectivity index (χ4n) is 5.22. The molecule has 4 aliphatic rings. The minimum atomic E-state index is -0.622. The van der Waals surface area contributed by atoms with Gasteiger partial charge >= 0.3 is 5.97 Å². The standard InChI is InChI=1S/C14H22O3/c1-8(2)14(17)10-3-9-4-11(14)7-13(5-9,6-10)12(15)16/h8-11,17H,3-7H2,1-2H3,(H,15,16)/t9?,10-,11-,13-,14-/m0/s1. The summed E-state index contributed by atoms with van der Waals surface area (Å²) in [4.78, 5) is 11.6. The van der Waals surface area contributed by atoms with Crippen molar-refractivity contribution in [3.05, 3.63) is 0 Å². The van der Waals surface area contributed by atoms with Crippen LogP contribution >= 0.6 is 0 Å². The number of aliphatic carboxylic acids is 1. The second-order valence-corrected chi connectivity index (χ2v) is 6.97. The molecule has 0 spiro atoms. The summed E-state index contributed by atoms with van der Waals surface area (Å²) in [5.41, 5.74) is -1.10. The highest BCUT2D eigenvalue weighted by Gasteiger charge is 2.64. The molecule has 0 amide bonds. The van der Waals surface area contributed by atoms with Crippen molar-refractivity contribution >= 4 is 5.97 Å². The zero-order chi connectivity index (χ0) is 12.4. The summed E-state index contributed by atoms with van der Waals surface area (Å²) in [7, 11) is 0. The lowest BCUT2D eigenvalue weighted by Crippen LogP contribution is -2.64. The number of carboxylic acid groups (broad SMARTS) is 1. The zero-order valence-corrected chi connectivity index (χ0v) is 10.6. The van der Waals surface area contributed by atoms with Gasteiger partial charge in [-0.3, -0.25) is 4.79 Å². The molecule has 4 rings (SSSR count). The molecule has 4 fully saturated rings. The molecule has 2 atom stereocenters. The fourth-order valence-corrected chi connectivity index (χ4v) is 5.22. The Hall–Kier alpha value is -0.570. The van der Waals surface area contributed by atoms with Crippen LogP contribution in [0.3, 0.4) is 0 Å². The third-order valence-electron chi connectivity index (χ3n) is 5.88. The first-order chi connectivity index (χ1) is 7.88. The number of rotatable bonds is 2. The third-order valence-corrected chi connectivity index (χ3v) is 5.88. The van der Waals surface area contributed by atoms with E-state index in [0.717, 1.165) is 19.3 Å².